The molecule has 2 rings (SSSR count). The number of primary amides is 1. The molecule has 1 heterocycles. The van der Waals surface area contributed by atoms with Gasteiger partial charge in [-0.25, -0.2) is 0 Å². The molecule has 104 valence electrons. The molecule has 0 aliphatic rings. The lowest BCUT2D eigenvalue weighted by atomic mass is 10.1. The van der Waals surface area contributed by atoms with E-state index in [-0.39, 0.29) is 5.91 Å². The van der Waals surface area contributed by atoms with Crippen LogP contribution in [0.1, 0.15) is 28.0 Å². The van der Waals surface area contributed by atoms with Crippen molar-refractivity contribution in [2.75, 3.05) is 5.32 Å². The number of aryl methyl sites for hydroxylation is 2. The highest BCUT2D eigenvalue weighted by atomic mass is 16.2. The van der Waals surface area contributed by atoms with Crippen LogP contribution in [0.3, 0.4) is 0 Å². The van der Waals surface area contributed by atoms with Gasteiger partial charge in [0.25, 0.3) is 0 Å². The van der Waals surface area contributed by atoms with Gasteiger partial charge in [0, 0.05) is 23.7 Å². The monoisotopic (exact) mass is 272 g/mol. The quantitative estimate of drug-likeness (QED) is 0.766. The van der Waals surface area contributed by atoms with Crippen molar-refractivity contribution < 1.29 is 9.59 Å². The molecule has 2 aromatic rings. The first-order valence-corrected chi connectivity index (χ1v) is 6.25. The van der Waals surface area contributed by atoms with Crippen molar-refractivity contribution in [3.8, 4) is 0 Å². The van der Waals surface area contributed by atoms with Crippen LogP contribution < -0.4 is 11.1 Å². The largest absolute Gasteiger partial charge is 0.366 e. The van der Waals surface area contributed by atoms with Gasteiger partial charge in [-0.3, -0.25) is 14.7 Å². The number of hydrogen-bond donors (Lipinski definition) is 3. The lowest BCUT2D eigenvalue weighted by Gasteiger charge is -2.03. The van der Waals surface area contributed by atoms with E-state index in [1.54, 1.807) is 30.3 Å². The maximum atomic E-state index is 11.7. The molecule has 0 saturated heterocycles. The first kappa shape index (κ1) is 13.8. The third-order valence-electron chi connectivity index (χ3n) is 2.85. The minimum Gasteiger partial charge on any atom is -0.366 e. The molecule has 4 N–H and O–H groups in total. The van der Waals surface area contributed by atoms with Crippen LogP contribution in [-0.4, -0.2) is 22.0 Å². The molecule has 0 aliphatic heterocycles. The summed E-state index contributed by atoms with van der Waals surface area (Å²) in [5.74, 6) is -0.0322. The fourth-order valence-electron chi connectivity index (χ4n) is 1.78. The Morgan fingerprint density at radius 2 is 2.00 bits per heavy atom. The predicted octanol–water partition coefficient (Wildman–Crippen LogP) is 1.39. The molecule has 0 fully saturated rings. The van der Waals surface area contributed by atoms with Gasteiger partial charge >= 0.3 is 0 Å². The van der Waals surface area contributed by atoms with Crippen molar-refractivity contribution in [1.82, 2.24) is 10.2 Å². The third kappa shape index (κ3) is 3.68. The third-order valence-corrected chi connectivity index (χ3v) is 2.85. The minimum atomic E-state index is -0.455. The highest BCUT2D eigenvalue weighted by Gasteiger charge is 2.06. The summed E-state index contributed by atoms with van der Waals surface area (Å²) in [4.78, 5) is 22.7. The normalized spacial score (nSPS) is 10.2. The molecule has 6 nitrogen and oxygen atoms in total. The molecular weight excluding hydrogens is 256 g/mol. The average molecular weight is 272 g/mol. The Labute approximate surface area is 116 Å². The lowest BCUT2D eigenvalue weighted by molar-refractivity contribution is -0.116. The van der Waals surface area contributed by atoms with Crippen LogP contribution in [0.4, 0.5) is 5.82 Å². The number of carbonyl (C=O) groups excluding carboxylic acids is 2. The summed E-state index contributed by atoms with van der Waals surface area (Å²) in [6, 6.07) is 8.68. The van der Waals surface area contributed by atoms with Crippen LogP contribution in [0.15, 0.2) is 30.3 Å². The van der Waals surface area contributed by atoms with Gasteiger partial charge < -0.3 is 11.1 Å². The second-order valence-corrected chi connectivity index (χ2v) is 4.55. The number of benzene rings is 1. The van der Waals surface area contributed by atoms with Gasteiger partial charge in [0.2, 0.25) is 11.8 Å². The standard InChI is InChI=1S/C14H16N4O2/c1-9-8-12(18-17-9)16-13(19)7-4-10-2-5-11(6-3-10)14(15)20/h2-3,5-6,8H,4,7H2,1H3,(H2,15,20)(H2,16,17,18,19). The van der Waals surface area contributed by atoms with Crippen molar-refractivity contribution >= 4 is 17.6 Å². The van der Waals surface area contributed by atoms with Crippen molar-refractivity contribution in [3.05, 3.63) is 47.2 Å². The van der Waals surface area contributed by atoms with E-state index in [1.165, 1.54) is 0 Å². The molecule has 0 radical (unpaired) electrons. The predicted molar refractivity (Wildman–Crippen MR) is 75.2 cm³/mol. The molecule has 2 amide bonds. The summed E-state index contributed by atoms with van der Waals surface area (Å²) >= 11 is 0. The zero-order chi connectivity index (χ0) is 14.5. The number of aromatic nitrogens is 2. The molecular formula is C14H16N4O2. The van der Waals surface area contributed by atoms with Crippen molar-refractivity contribution in [2.45, 2.75) is 19.8 Å². The van der Waals surface area contributed by atoms with Crippen LogP contribution >= 0.6 is 0 Å². The Bertz CT molecular complexity index is 616. The maximum Gasteiger partial charge on any atom is 0.248 e. The van der Waals surface area contributed by atoms with Gasteiger partial charge in [0.1, 0.15) is 0 Å². The molecule has 1 aromatic heterocycles. The number of H-pyrrole nitrogens is 1. The molecule has 0 bridgehead atoms. The maximum absolute atomic E-state index is 11.7. The molecule has 1 aromatic carbocycles. The molecule has 0 atom stereocenters. The number of amides is 2. The van der Waals surface area contributed by atoms with Crippen molar-refractivity contribution in [2.24, 2.45) is 5.73 Å². The number of anilines is 1. The van der Waals surface area contributed by atoms with Gasteiger partial charge in [0.05, 0.1) is 0 Å². The van der Waals surface area contributed by atoms with Crippen LogP contribution in [0.2, 0.25) is 0 Å². The zero-order valence-corrected chi connectivity index (χ0v) is 11.1. The number of rotatable bonds is 5. The van der Waals surface area contributed by atoms with Gasteiger partial charge in [-0.15, -0.1) is 0 Å². The lowest BCUT2D eigenvalue weighted by Crippen LogP contribution is -2.13. The Morgan fingerprint density at radius 3 is 2.55 bits per heavy atom. The van der Waals surface area contributed by atoms with Gasteiger partial charge in [-0.2, -0.15) is 5.10 Å². The molecule has 0 saturated carbocycles. The summed E-state index contributed by atoms with van der Waals surface area (Å²) < 4.78 is 0. The van der Waals surface area contributed by atoms with E-state index in [2.05, 4.69) is 15.5 Å². The van der Waals surface area contributed by atoms with E-state index in [9.17, 15) is 9.59 Å². The number of aromatic amines is 1. The Balaban J connectivity index is 1.85. The minimum absolute atomic E-state index is 0.101. The van der Waals surface area contributed by atoms with Gasteiger partial charge in [-0.05, 0) is 31.0 Å². The first-order valence-electron chi connectivity index (χ1n) is 6.25. The number of nitrogens with zero attached hydrogens (tertiary/aromatic N) is 1. The topological polar surface area (TPSA) is 101 Å². The molecule has 0 aliphatic carbocycles. The number of hydrogen-bond acceptors (Lipinski definition) is 3. The van der Waals surface area contributed by atoms with Crippen LogP contribution in [0.25, 0.3) is 0 Å². The van der Waals surface area contributed by atoms with E-state index < -0.39 is 5.91 Å². The molecule has 6 heteroatoms. The fraction of sp³-hybridized carbons (Fsp3) is 0.214. The fourth-order valence-corrected chi connectivity index (χ4v) is 1.78. The van der Waals surface area contributed by atoms with E-state index in [0.29, 0.717) is 24.2 Å². The number of nitrogens with two attached hydrogens (primary N) is 1. The van der Waals surface area contributed by atoms with E-state index in [1.807, 2.05) is 6.92 Å². The van der Waals surface area contributed by atoms with Crippen molar-refractivity contribution in [1.29, 1.82) is 0 Å². The van der Waals surface area contributed by atoms with E-state index >= 15 is 0 Å². The van der Waals surface area contributed by atoms with E-state index in [4.69, 9.17) is 5.73 Å². The Kier molecular flexibility index (Phi) is 4.14. The highest BCUT2D eigenvalue weighted by Crippen LogP contribution is 2.08. The Morgan fingerprint density at radius 1 is 1.30 bits per heavy atom. The highest BCUT2D eigenvalue weighted by molar-refractivity contribution is 5.92. The molecule has 0 unspecified atom stereocenters. The molecule has 20 heavy (non-hydrogen) atoms. The Hall–Kier alpha value is -2.63. The summed E-state index contributed by atoms with van der Waals surface area (Å²) in [7, 11) is 0. The summed E-state index contributed by atoms with van der Waals surface area (Å²) in [6.45, 7) is 1.86. The number of nitrogens with one attached hydrogen (secondary N) is 2. The zero-order valence-electron chi connectivity index (χ0n) is 11.1. The second kappa shape index (κ2) is 6.01. The summed E-state index contributed by atoms with van der Waals surface area (Å²) in [6.07, 6.45) is 0.941. The van der Waals surface area contributed by atoms with Crippen LogP contribution in [-0.2, 0) is 11.2 Å². The van der Waals surface area contributed by atoms with Crippen molar-refractivity contribution in [3.63, 3.8) is 0 Å². The SMILES string of the molecule is Cc1cc(NC(=O)CCc2ccc(C(N)=O)cc2)n[nH]1. The smallest absolute Gasteiger partial charge is 0.248 e. The van der Waals surface area contributed by atoms with Gasteiger partial charge in [0.15, 0.2) is 5.82 Å². The van der Waals surface area contributed by atoms with Crippen LogP contribution in [0, 0.1) is 6.92 Å². The van der Waals surface area contributed by atoms with E-state index in [0.717, 1.165) is 11.3 Å². The average Bonchev–Trinajstić information content (AvgIpc) is 2.82. The first-order chi connectivity index (χ1) is 9.54. The number of carbonyl (C=O) groups is 2. The second-order valence-electron chi connectivity index (χ2n) is 4.55. The summed E-state index contributed by atoms with van der Waals surface area (Å²) in [5.41, 5.74) is 7.49. The van der Waals surface area contributed by atoms with Crippen LogP contribution in [0.5, 0.6) is 0 Å². The molecule has 0 spiro atoms. The van der Waals surface area contributed by atoms with Gasteiger partial charge in [-0.1, -0.05) is 12.1 Å². The summed E-state index contributed by atoms with van der Waals surface area (Å²) in [5, 5.41) is 9.40.